The van der Waals surface area contributed by atoms with E-state index in [9.17, 15) is 19.5 Å². The third-order valence-electron chi connectivity index (χ3n) is 8.21. The Labute approximate surface area is 206 Å². The number of cyclic esters (lactones) is 1. The van der Waals surface area contributed by atoms with Crippen LogP contribution in [0, 0.1) is 17.8 Å². The van der Waals surface area contributed by atoms with Crippen LogP contribution < -0.4 is 0 Å². The van der Waals surface area contributed by atoms with Crippen LogP contribution in [0.15, 0.2) is 24.3 Å². The molecule has 8 heteroatoms. The van der Waals surface area contributed by atoms with Crippen LogP contribution in [0.2, 0.25) is 0 Å². The second-order valence-corrected chi connectivity index (χ2v) is 12.1. The number of esters is 1. The predicted molar refractivity (Wildman–Crippen MR) is 132 cm³/mol. The van der Waals surface area contributed by atoms with Gasteiger partial charge < -0.3 is 19.6 Å². The molecule has 7 nitrogen and oxygen atoms in total. The van der Waals surface area contributed by atoms with Crippen LogP contribution >= 0.6 is 11.8 Å². The van der Waals surface area contributed by atoms with Crippen LogP contribution in [0.25, 0.3) is 0 Å². The number of amides is 2. The zero-order chi connectivity index (χ0) is 24.7. The van der Waals surface area contributed by atoms with E-state index in [1.54, 1.807) is 16.7 Å². The molecule has 4 aliphatic rings. The number of hydrogen-bond donors (Lipinski definition) is 1. The third kappa shape index (κ3) is 3.81. The van der Waals surface area contributed by atoms with Crippen molar-refractivity contribution < 1.29 is 24.2 Å². The van der Waals surface area contributed by atoms with Crippen molar-refractivity contribution in [3.63, 3.8) is 0 Å². The molecule has 1 spiro atoms. The van der Waals surface area contributed by atoms with Crippen LogP contribution in [0.5, 0.6) is 0 Å². The summed E-state index contributed by atoms with van der Waals surface area (Å²) >= 11 is 1.55. The van der Waals surface area contributed by atoms with E-state index in [0.717, 1.165) is 25.7 Å². The molecule has 34 heavy (non-hydrogen) atoms. The molecule has 2 amide bonds. The number of nitrogens with zero attached hydrogens (tertiary/aromatic N) is 2. The summed E-state index contributed by atoms with van der Waals surface area (Å²) in [5, 5.41) is 10.4. The maximum atomic E-state index is 14.2. The summed E-state index contributed by atoms with van der Waals surface area (Å²) in [6.07, 6.45) is 11.6. The van der Waals surface area contributed by atoms with Gasteiger partial charge in [-0.2, -0.15) is 0 Å². The molecular weight excluding hydrogens is 452 g/mol. The zero-order valence-electron chi connectivity index (χ0n) is 20.7. The summed E-state index contributed by atoms with van der Waals surface area (Å²) in [7, 11) is 0. The van der Waals surface area contributed by atoms with Crippen molar-refractivity contribution in [2.24, 2.45) is 17.8 Å². The molecule has 0 bridgehead atoms. The number of carbonyl (C=O) groups is 3. The summed E-state index contributed by atoms with van der Waals surface area (Å²) < 4.78 is 3.94. The molecule has 0 aromatic rings. The van der Waals surface area contributed by atoms with Gasteiger partial charge >= 0.3 is 5.97 Å². The molecule has 1 N–H and O–H groups in total. The molecule has 0 saturated carbocycles. The summed E-state index contributed by atoms with van der Waals surface area (Å²) in [6.45, 7) is 9.24. The number of carbonyl (C=O) groups excluding carboxylic acids is 3. The lowest BCUT2D eigenvalue weighted by molar-refractivity contribution is -0.153. The summed E-state index contributed by atoms with van der Waals surface area (Å²) in [5.41, 5.74) is 0. The molecule has 4 heterocycles. The van der Waals surface area contributed by atoms with E-state index in [1.807, 2.05) is 50.0 Å². The Kier molecular flexibility index (Phi) is 7.21. The van der Waals surface area contributed by atoms with Crippen molar-refractivity contribution in [3.05, 3.63) is 24.3 Å². The quantitative estimate of drug-likeness (QED) is 0.320. The normalized spacial score (nSPS) is 36.5. The minimum Gasteiger partial charge on any atom is -0.461 e. The first kappa shape index (κ1) is 25.3. The zero-order valence-corrected chi connectivity index (χ0v) is 21.6. The maximum absolute atomic E-state index is 14.2. The van der Waals surface area contributed by atoms with Crippen LogP contribution in [-0.4, -0.2) is 80.6 Å². The van der Waals surface area contributed by atoms with Crippen LogP contribution in [0.3, 0.4) is 0 Å². The van der Waals surface area contributed by atoms with Crippen LogP contribution in [0.4, 0.5) is 0 Å². The minimum absolute atomic E-state index is 0.00997. The van der Waals surface area contributed by atoms with Crippen molar-refractivity contribution in [1.82, 2.24) is 9.80 Å². The van der Waals surface area contributed by atoms with Gasteiger partial charge in [0.1, 0.15) is 12.6 Å². The standard InChI is InChI=1S/C26H38N2O5S/c1-5-7-8-13-27-14-9-12-26-19(20-24(32)33-15-10-11-25(20,4)34-26)22(30)28(21(26)23(27)31)18(16-29)17(3)6-2/h9-12,17-21,29H,5-8,13-16H2,1-4H3/t17-,18-,19-,20-,21?,25+,26-/m0/s1. The lowest BCUT2D eigenvalue weighted by Crippen LogP contribution is -2.58. The third-order valence-corrected chi connectivity index (χ3v) is 10.0. The van der Waals surface area contributed by atoms with Gasteiger partial charge in [-0.3, -0.25) is 14.4 Å². The number of ether oxygens (including phenoxy) is 1. The van der Waals surface area contributed by atoms with Gasteiger partial charge in [0.15, 0.2) is 0 Å². The average molecular weight is 491 g/mol. The van der Waals surface area contributed by atoms with Crippen molar-refractivity contribution in [2.75, 3.05) is 26.3 Å². The summed E-state index contributed by atoms with van der Waals surface area (Å²) in [6, 6.07) is -1.24. The largest absolute Gasteiger partial charge is 0.461 e. The monoisotopic (exact) mass is 490 g/mol. The van der Waals surface area contributed by atoms with Gasteiger partial charge in [0, 0.05) is 17.8 Å². The van der Waals surface area contributed by atoms with Gasteiger partial charge in [-0.05, 0) is 25.3 Å². The second-order valence-electron chi connectivity index (χ2n) is 10.3. The number of hydrogen-bond acceptors (Lipinski definition) is 6. The number of thioether (sulfide) groups is 1. The Balaban J connectivity index is 1.84. The van der Waals surface area contributed by atoms with Crippen molar-refractivity contribution in [2.45, 2.75) is 75.0 Å². The number of aliphatic hydroxyl groups excluding tert-OH is 1. The molecule has 0 radical (unpaired) electrons. The van der Waals surface area contributed by atoms with E-state index >= 15 is 0 Å². The number of likely N-dealkylation sites (tertiary alicyclic amines) is 1. The summed E-state index contributed by atoms with van der Waals surface area (Å²) in [4.78, 5) is 45.1. The van der Waals surface area contributed by atoms with Gasteiger partial charge in [-0.1, -0.05) is 58.3 Å². The smallest absolute Gasteiger partial charge is 0.311 e. The van der Waals surface area contributed by atoms with Crippen molar-refractivity contribution in [1.29, 1.82) is 0 Å². The van der Waals surface area contributed by atoms with Gasteiger partial charge in [0.2, 0.25) is 11.8 Å². The number of unbranched alkanes of at least 4 members (excludes halogenated alkanes) is 2. The number of aliphatic hydroxyl groups is 1. The molecule has 188 valence electrons. The van der Waals surface area contributed by atoms with E-state index in [2.05, 4.69) is 6.92 Å². The highest BCUT2D eigenvalue weighted by Gasteiger charge is 2.74. The van der Waals surface area contributed by atoms with E-state index in [1.165, 1.54) is 0 Å². The Morgan fingerprint density at radius 2 is 1.91 bits per heavy atom. The molecular formula is C26H38N2O5S. The Morgan fingerprint density at radius 3 is 2.59 bits per heavy atom. The highest BCUT2D eigenvalue weighted by molar-refractivity contribution is 8.02. The molecule has 0 aromatic heterocycles. The lowest BCUT2D eigenvalue weighted by atomic mass is 9.75. The van der Waals surface area contributed by atoms with Crippen molar-refractivity contribution >= 4 is 29.5 Å². The fraction of sp³-hybridized carbons (Fsp3) is 0.731. The molecule has 4 aliphatic heterocycles. The maximum Gasteiger partial charge on any atom is 0.311 e. The topological polar surface area (TPSA) is 87.2 Å². The molecule has 0 aliphatic carbocycles. The van der Waals surface area contributed by atoms with Crippen molar-refractivity contribution in [3.8, 4) is 0 Å². The Morgan fingerprint density at radius 1 is 1.15 bits per heavy atom. The van der Waals surface area contributed by atoms with E-state index in [-0.39, 0.29) is 36.9 Å². The molecule has 0 aromatic carbocycles. The SMILES string of the molecule is CCCCCN1CC=C[C@]23S[C@]4(C)C=CCOC(=O)[C@@H]4[C@H]2C(=O)N([C@@H](CO)[C@@H](C)CC)C3C1=O. The van der Waals surface area contributed by atoms with E-state index in [0.29, 0.717) is 13.1 Å². The van der Waals surface area contributed by atoms with E-state index < -0.39 is 33.4 Å². The highest BCUT2D eigenvalue weighted by Crippen LogP contribution is 2.65. The molecule has 1 unspecified atom stereocenters. The number of rotatable bonds is 8. The van der Waals surface area contributed by atoms with Crippen LogP contribution in [0.1, 0.15) is 53.4 Å². The van der Waals surface area contributed by atoms with Gasteiger partial charge in [0.25, 0.3) is 0 Å². The first-order valence-corrected chi connectivity index (χ1v) is 13.5. The van der Waals surface area contributed by atoms with Gasteiger partial charge in [-0.15, -0.1) is 11.8 Å². The summed E-state index contributed by atoms with van der Waals surface area (Å²) in [5.74, 6) is -2.07. The first-order valence-electron chi connectivity index (χ1n) is 12.7. The minimum atomic E-state index is -0.880. The second kappa shape index (κ2) is 9.69. The Bertz CT molecular complexity index is 890. The molecule has 7 atom stereocenters. The Hall–Kier alpha value is -1.80. The van der Waals surface area contributed by atoms with E-state index in [4.69, 9.17) is 4.74 Å². The highest BCUT2D eigenvalue weighted by atomic mass is 32.2. The molecule has 2 saturated heterocycles. The number of fused-ring (bicyclic) bond motifs is 2. The first-order chi connectivity index (χ1) is 16.3. The molecule has 2 fully saturated rings. The predicted octanol–water partition coefficient (Wildman–Crippen LogP) is 2.78. The van der Waals surface area contributed by atoms with Gasteiger partial charge in [-0.25, -0.2) is 0 Å². The van der Waals surface area contributed by atoms with Gasteiger partial charge in [0.05, 0.1) is 29.2 Å². The lowest BCUT2D eigenvalue weighted by Gasteiger charge is -2.41. The molecule has 4 rings (SSSR count). The fourth-order valence-corrected chi connectivity index (χ4v) is 8.41. The average Bonchev–Trinajstić information content (AvgIpc) is 3.07. The van der Waals surface area contributed by atoms with Crippen LogP contribution in [-0.2, 0) is 19.1 Å². The fourth-order valence-electron chi connectivity index (χ4n) is 6.27.